The van der Waals surface area contributed by atoms with Crippen molar-refractivity contribution in [1.29, 1.82) is 0 Å². The summed E-state index contributed by atoms with van der Waals surface area (Å²) in [7, 11) is 1.81. The standard InChI is InChI=1S/C15H13FN4O2/c1-19-14-6-5-12(20(21)22)8-13(14)18-15(19)17-9-10-3-2-4-11(16)7-10/h2-8H,9H2,1H3,(H,17,18). The highest BCUT2D eigenvalue weighted by atomic mass is 19.1. The average molecular weight is 300 g/mol. The van der Waals surface area contributed by atoms with Gasteiger partial charge >= 0.3 is 0 Å². The quantitative estimate of drug-likeness (QED) is 0.593. The summed E-state index contributed by atoms with van der Waals surface area (Å²) in [5.74, 6) is 0.277. The number of hydrogen-bond acceptors (Lipinski definition) is 4. The molecule has 0 aliphatic heterocycles. The van der Waals surface area contributed by atoms with Crippen molar-refractivity contribution in [3.8, 4) is 0 Å². The van der Waals surface area contributed by atoms with Gasteiger partial charge in [0.15, 0.2) is 0 Å². The highest BCUT2D eigenvalue weighted by Gasteiger charge is 2.12. The molecule has 3 rings (SSSR count). The molecule has 0 saturated heterocycles. The van der Waals surface area contributed by atoms with E-state index in [1.54, 1.807) is 16.7 Å². The monoisotopic (exact) mass is 300 g/mol. The summed E-state index contributed by atoms with van der Waals surface area (Å²) >= 11 is 0. The lowest BCUT2D eigenvalue weighted by Crippen LogP contribution is -2.05. The number of nitrogens with zero attached hydrogens (tertiary/aromatic N) is 3. The smallest absolute Gasteiger partial charge is 0.271 e. The first kappa shape index (κ1) is 14.0. The van der Waals surface area contributed by atoms with Crippen LogP contribution in [0.1, 0.15) is 5.56 Å². The first-order valence-corrected chi connectivity index (χ1v) is 6.64. The number of benzene rings is 2. The van der Waals surface area contributed by atoms with Crippen molar-refractivity contribution in [1.82, 2.24) is 9.55 Å². The molecule has 0 fully saturated rings. The first-order valence-electron chi connectivity index (χ1n) is 6.64. The van der Waals surface area contributed by atoms with Gasteiger partial charge in [0, 0.05) is 25.7 Å². The van der Waals surface area contributed by atoms with Crippen LogP contribution in [0.3, 0.4) is 0 Å². The van der Waals surface area contributed by atoms with Crippen LogP contribution in [0.4, 0.5) is 16.0 Å². The van der Waals surface area contributed by atoms with Crippen LogP contribution >= 0.6 is 0 Å². The van der Waals surface area contributed by atoms with Crippen molar-refractivity contribution in [3.05, 3.63) is 64.0 Å². The number of non-ortho nitro benzene ring substituents is 1. The number of hydrogen-bond donors (Lipinski definition) is 1. The van der Waals surface area contributed by atoms with Crippen molar-refractivity contribution in [2.45, 2.75) is 6.54 Å². The molecule has 1 aromatic heterocycles. The van der Waals surface area contributed by atoms with E-state index in [0.717, 1.165) is 11.1 Å². The second-order valence-electron chi connectivity index (χ2n) is 4.91. The molecular weight excluding hydrogens is 287 g/mol. The van der Waals surface area contributed by atoms with E-state index in [1.165, 1.54) is 24.3 Å². The number of aryl methyl sites for hydroxylation is 1. The SMILES string of the molecule is Cn1c(NCc2cccc(F)c2)nc2cc([N+](=O)[O-])ccc21. The van der Waals surface area contributed by atoms with Gasteiger partial charge in [-0.15, -0.1) is 0 Å². The Morgan fingerprint density at radius 2 is 2.14 bits per heavy atom. The van der Waals surface area contributed by atoms with Gasteiger partial charge in [-0.1, -0.05) is 12.1 Å². The third-order valence-electron chi connectivity index (χ3n) is 3.41. The Hall–Kier alpha value is -2.96. The van der Waals surface area contributed by atoms with Gasteiger partial charge in [0.05, 0.1) is 16.0 Å². The number of aromatic nitrogens is 2. The second kappa shape index (κ2) is 5.44. The van der Waals surface area contributed by atoms with Crippen molar-refractivity contribution < 1.29 is 9.31 Å². The Bertz CT molecular complexity index is 860. The molecule has 112 valence electrons. The topological polar surface area (TPSA) is 73.0 Å². The summed E-state index contributed by atoms with van der Waals surface area (Å²) in [6.07, 6.45) is 0. The molecule has 2 aromatic carbocycles. The van der Waals surface area contributed by atoms with Gasteiger partial charge in [0.25, 0.3) is 5.69 Å². The lowest BCUT2D eigenvalue weighted by Gasteiger charge is -2.06. The fourth-order valence-corrected chi connectivity index (χ4v) is 2.29. The fraction of sp³-hybridized carbons (Fsp3) is 0.133. The molecule has 1 heterocycles. The lowest BCUT2D eigenvalue weighted by molar-refractivity contribution is -0.384. The Balaban J connectivity index is 1.87. The molecule has 6 nitrogen and oxygen atoms in total. The van der Waals surface area contributed by atoms with Crippen LogP contribution in [-0.4, -0.2) is 14.5 Å². The summed E-state index contributed by atoms with van der Waals surface area (Å²) in [4.78, 5) is 14.7. The van der Waals surface area contributed by atoms with Gasteiger partial charge in [-0.3, -0.25) is 10.1 Å². The van der Waals surface area contributed by atoms with Crippen molar-refractivity contribution in [2.24, 2.45) is 7.05 Å². The van der Waals surface area contributed by atoms with E-state index in [-0.39, 0.29) is 11.5 Å². The highest BCUT2D eigenvalue weighted by molar-refractivity contribution is 5.81. The summed E-state index contributed by atoms with van der Waals surface area (Å²) in [6.45, 7) is 0.414. The lowest BCUT2D eigenvalue weighted by atomic mass is 10.2. The number of halogens is 1. The number of nitro groups is 1. The Kier molecular flexibility index (Phi) is 3.46. The van der Waals surface area contributed by atoms with Crippen LogP contribution in [0.25, 0.3) is 11.0 Å². The van der Waals surface area contributed by atoms with Crippen LogP contribution < -0.4 is 5.32 Å². The van der Waals surface area contributed by atoms with Gasteiger partial charge < -0.3 is 9.88 Å². The van der Waals surface area contributed by atoms with E-state index in [9.17, 15) is 14.5 Å². The van der Waals surface area contributed by atoms with Crippen molar-refractivity contribution >= 4 is 22.7 Å². The summed E-state index contributed by atoms with van der Waals surface area (Å²) in [5, 5.41) is 13.9. The predicted molar refractivity (Wildman–Crippen MR) is 81.1 cm³/mol. The van der Waals surface area contributed by atoms with Crippen LogP contribution in [0.15, 0.2) is 42.5 Å². The molecule has 7 heteroatoms. The Labute approximate surface area is 125 Å². The minimum atomic E-state index is -0.450. The summed E-state index contributed by atoms with van der Waals surface area (Å²) in [6, 6.07) is 10.8. The van der Waals surface area contributed by atoms with Gasteiger partial charge in [0.1, 0.15) is 5.82 Å². The Morgan fingerprint density at radius 1 is 1.32 bits per heavy atom. The molecule has 22 heavy (non-hydrogen) atoms. The van der Waals surface area contributed by atoms with Crippen molar-refractivity contribution in [3.63, 3.8) is 0 Å². The van der Waals surface area contributed by atoms with Gasteiger partial charge in [-0.25, -0.2) is 9.37 Å². The van der Waals surface area contributed by atoms with Crippen molar-refractivity contribution in [2.75, 3.05) is 5.32 Å². The normalized spacial score (nSPS) is 10.8. The highest BCUT2D eigenvalue weighted by Crippen LogP contribution is 2.23. The van der Waals surface area contributed by atoms with E-state index in [4.69, 9.17) is 0 Å². The zero-order chi connectivity index (χ0) is 15.7. The number of nitrogens with one attached hydrogen (secondary N) is 1. The number of imidazole rings is 1. The zero-order valence-electron chi connectivity index (χ0n) is 11.8. The van der Waals surface area contributed by atoms with Gasteiger partial charge in [-0.05, 0) is 23.8 Å². The van der Waals surface area contributed by atoms with E-state index in [1.807, 2.05) is 13.1 Å². The van der Waals surface area contributed by atoms with E-state index in [2.05, 4.69) is 10.3 Å². The molecule has 0 bridgehead atoms. The van der Waals surface area contributed by atoms with E-state index < -0.39 is 4.92 Å². The number of nitro benzene ring substituents is 1. The molecule has 3 aromatic rings. The fourth-order valence-electron chi connectivity index (χ4n) is 2.29. The molecule has 0 aliphatic rings. The largest absolute Gasteiger partial charge is 0.352 e. The van der Waals surface area contributed by atoms with E-state index >= 15 is 0 Å². The average Bonchev–Trinajstić information content (AvgIpc) is 2.81. The number of anilines is 1. The summed E-state index contributed by atoms with van der Waals surface area (Å²) in [5.41, 5.74) is 2.12. The molecular formula is C15H13FN4O2. The second-order valence-corrected chi connectivity index (χ2v) is 4.91. The first-order chi connectivity index (χ1) is 10.5. The summed E-state index contributed by atoms with van der Waals surface area (Å²) < 4.78 is 15.0. The third-order valence-corrected chi connectivity index (χ3v) is 3.41. The Morgan fingerprint density at radius 3 is 2.86 bits per heavy atom. The molecule has 0 amide bonds. The maximum Gasteiger partial charge on any atom is 0.271 e. The van der Waals surface area contributed by atoms with Crippen LogP contribution in [-0.2, 0) is 13.6 Å². The maximum absolute atomic E-state index is 13.1. The minimum absolute atomic E-state index is 0.00211. The molecule has 0 radical (unpaired) electrons. The molecule has 1 N–H and O–H groups in total. The molecule has 0 atom stereocenters. The predicted octanol–water partition coefficient (Wildman–Crippen LogP) is 3.23. The van der Waals surface area contributed by atoms with Gasteiger partial charge in [-0.2, -0.15) is 0 Å². The number of rotatable bonds is 4. The van der Waals surface area contributed by atoms with Crippen LogP contribution in [0.5, 0.6) is 0 Å². The van der Waals surface area contributed by atoms with Crippen LogP contribution in [0, 0.1) is 15.9 Å². The molecule has 0 saturated carbocycles. The van der Waals surface area contributed by atoms with Crippen LogP contribution in [0.2, 0.25) is 0 Å². The zero-order valence-corrected chi connectivity index (χ0v) is 11.8. The third kappa shape index (κ3) is 2.60. The van der Waals surface area contributed by atoms with E-state index in [0.29, 0.717) is 18.0 Å². The maximum atomic E-state index is 13.1. The number of fused-ring (bicyclic) bond motifs is 1. The molecule has 0 aliphatic carbocycles. The molecule has 0 unspecified atom stereocenters. The molecule has 0 spiro atoms. The minimum Gasteiger partial charge on any atom is -0.352 e. The van der Waals surface area contributed by atoms with Gasteiger partial charge in [0.2, 0.25) is 5.95 Å².